The van der Waals surface area contributed by atoms with E-state index < -0.39 is 10.0 Å². The third-order valence-corrected chi connectivity index (χ3v) is 7.14. The van der Waals surface area contributed by atoms with Gasteiger partial charge in [0.25, 0.3) is 10.0 Å². The number of halogens is 2. The summed E-state index contributed by atoms with van der Waals surface area (Å²) in [5, 5.41) is 9.53. The Balaban J connectivity index is 1.71. The molecule has 2 N–H and O–H groups in total. The molecule has 0 aliphatic heterocycles. The second-order valence-corrected chi connectivity index (χ2v) is 10.4. The van der Waals surface area contributed by atoms with E-state index in [1.54, 1.807) is 12.1 Å². The molecule has 0 aliphatic carbocycles. The Bertz CT molecular complexity index is 911. The summed E-state index contributed by atoms with van der Waals surface area (Å²) in [4.78, 5) is 0.0871. The smallest absolute Gasteiger partial charge is 0.261 e. The van der Waals surface area contributed by atoms with E-state index in [0.29, 0.717) is 12.4 Å². The molecule has 5 nitrogen and oxygen atoms in total. The van der Waals surface area contributed by atoms with Gasteiger partial charge in [-0.25, -0.2) is 8.42 Å². The molecule has 2 rings (SSSR count). The quantitative estimate of drug-likeness (QED) is 0.192. The summed E-state index contributed by atoms with van der Waals surface area (Å²) in [6, 6.07) is 8.84. The monoisotopic (exact) mass is 501 g/mol. The van der Waals surface area contributed by atoms with Gasteiger partial charge in [0, 0.05) is 0 Å². The SMILES string of the molecule is CCCCCCCCCCCCOc1ccc(S(=O)(=O)Nc2cc(Cl)c(O)c(Cl)c2)cc1. The first-order valence-corrected chi connectivity index (χ1v) is 13.5. The molecule has 2 aromatic carbocycles. The first-order chi connectivity index (χ1) is 15.3. The normalized spacial score (nSPS) is 11.5. The summed E-state index contributed by atoms with van der Waals surface area (Å²) in [5.74, 6) is 0.343. The van der Waals surface area contributed by atoms with Crippen LogP contribution in [0.3, 0.4) is 0 Å². The van der Waals surface area contributed by atoms with Crippen LogP contribution in [-0.4, -0.2) is 20.1 Å². The fourth-order valence-corrected chi connectivity index (χ4v) is 4.86. The molecule has 0 saturated carbocycles. The number of anilines is 1. The lowest BCUT2D eigenvalue weighted by molar-refractivity contribution is 0.304. The Hall–Kier alpha value is -1.63. The zero-order chi connectivity index (χ0) is 23.4. The molecule has 0 amide bonds. The highest BCUT2D eigenvalue weighted by Crippen LogP contribution is 2.35. The van der Waals surface area contributed by atoms with Gasteiger partial charge in [0.15, 0.2) is 5.75 Å². The molecule has 32 heavy (non-hydrogen) atoms. The number of sulfonamides is 1. The highest BCUT2D eigenvalue weighted by molar-refractivity contribution is 7.92. The topological polar surface area (TPSA) is 75.6 Å². The standard InChI is InChI=1S/C24H33Cl2NO4S/c1-2-3-4-5-6-7-8-9-10-11-16-31-20-12-14-21(15-13-20)32(29,30)27-19-17-22(25)24(28)23(26)18-19/h12-15,17-18,27-28H,2-11,16H2,1H3. The number of ether oxygens (including phenoxy) is 1. The van der Waals surface area contributed by atoms with Gasteiger partial charge in [0.1, 0.15) is 5.75 Å². The van der Waals surface area contributed by atoms with E-state index in [4.69, 9.17) is 27.9 Å². The summed E-state index contributed by atoms with van der Waals surface area (Å²) in [6.45, 7) is 2.86. The molecule has 0 aromatic heterocycles. The van der Waals surface area contributed by atoms with Crippen LogP contribution in [0.5, 0.6) is 11.5 Å². The molecule has 0 bridgehead atoms. The Morgan fingerprint density at radius 3 is 1.88 bits per heavy atom. The molecular weight excluding hydrogens is 469 g/mol. The first-order valence-electron chi connectivity index (χ1n) is 11.3. The fraction of sp³-hybridized carbons (Fsp3) is 0.500. The van der Waals surface area contributed by atoms with Gasteiger partial charge in [-0.15, -0.1) is 0 Å². The lowest BCUT2D eigenvalue weighted by Crippen LogP contribution is -2.13. The molecule has 0 spiro atoms. The van der Waals surface area contributed by atoms with Crippen LogP contribution in [0.2, 0.25) is 10.0 Å². The van der Waals surface area contributed by atoms with Crippen molar-refractivity contribution in [3.05, 3.63) is 46.4 Å². The van der Waals surface area contributed by atoms with E-state index in [0.717, 1.165) is 12.8 Å². The number of phenolic OH excluding ortho intramolecular Hbond substituents is 1. The van der Waals surface area contributed by atoms with Crippen molar-refractivity contribution in [1.29, 1.82) is 0 Å². The number of benzene rings is 2. The van der Waals surface area contributed by atoms with Gasteiger partial charge in [-0.05, 0) is 42.8 Å². The van der Waals surface area contributed by atoms with Gasteiger partial charge in [-0.2, -0.15) is 0 Å². The second kappa shape index (κ2) is 13.8. The van der Waals surface area contributed by atoms with Crippen LogP contribution in [-0.2, 0) is 10.0 Å². The molecule has 0 unspecified atom stereocenters. The van der Waals surface area contributed by atoms with Gasteiger partial charge < -0.3 is 9.84 Å². The van der Waals surface area contributed by atoms with E-state index in [1.807, 2.05) is 0 Å². The van der Waals surface area contributed by atoms with Gasteiger partial charge in [-0.3, -0.25) is 4.72 Å². The summed E-state index contributed by atoms with van der Waals surface area (Å²) in [7, 11) is -3.83. The largest absolute Gasteiger partial charge is 0.505 e. The van der Waals surface area contributed by atoms with Crippen LogP contribution in [0.4, 0.5) is 5.69 Å². The highest BCUT2D eigenvalue weighted by atomic mass is 35.5. The fourth-order valence-electron chi connectivity index (χ4n) is 3.33. The van der Waals surface area contributed by atoms with E-state index in [2.05, 4.69) is 11.6 Å². The molecule has 0 saturated heterocycles. The van der Waals surface area contributed by atoms with Gasteiger partial charge >= 0.3 is 0 Å². The van der Waals surface area contributed by atoms with Crippen molar-refractivity contribution < 1.29 is 18.3 Å². The first kappa shape index (κ1) is 26.6. The van der Waals surface area contributed by atoms with Crippen LogP contribution >= 0.6 is 23.2 Å². The minimum absolute atomic E-state index is 0.0362. The molecule has 0 aliphatic rings. The Morgan fingerprint density at radius 2 is 1.34 bits per heavy atom. The molecule has 0 atom stereocenters. The summed E-state index contributed by atoms with van der Waals surface area (Å²) < 4.78 is 33.3. The molecule has 0 fully saturated rings. The van der Waals surface area contributed by atoms with Crippen molar-refractivity contribution in [3.63, 3.8) is 0 Å². The average molecular weight is 503 g/mol. The summed E-state index contributed by atoms with van der Waals surface area (Å²) >= 11 is 11.7. The van der Waals surface area contributed by atoms with E-state index in [-0.39, 0.29) is 26.4 Å². The number of phenols is 1. The van der Waals surface area contributed by atoms with Crippen LogP contribution < -0.4 is 9.46 Å². The Labute approximate surface area is 202 Å². The van der Waals surface area contributed by atoms with E-state index in [9.17, 15) is 13.5 Å². The number of unbranched alkanes of at least 4 members (excludes halogenated alkanes) is 9. The van der Waals surface area contributed by atoms with Crippen molar-refractivity contribution in [2.45, 2.75) is 76.0 Å². The zero-order valence-corrected chi connectivity index (χ0v) is 20.9. The third kappa shape index (κ3) is 9.08. The maximum absolute atomic E-state index is 12.6. The molecular formula is C24H33Cl2NO4S. The third-order valence-electron chi connectivity index (χ3n) is 5.17. The van der Waals surface area contributed by atoms with Gasteiger partial charge in [0.05, 0.1) is 27.2 Å². The van der Waals surface area contributed by atoms with Gasteiger partial charge in [-0.1, -0.05) is 87.9 Å². The van der Waals surface area contributed by atoms with Crippen molar-refractivity contribution >= 4 is 38.9 Å². The predicted octanol–water partition coefficient (Wildman–Crippen LogP) is 7.80. The van der Waals surface area contributed by atoms with Crippen molar-refractivity contribution in [1.82, 2.24) is 0 Å². The summed E-state index contributed by atoms with van der Waals surface area (Å²) in [6.07, 6.45) is 12.7. The minimum atomic E-state index is -3.83. The number of rotatable bonds is 15. The summed E-state index contributed by atoms with van der Waals surface area (Å²) in [5.41, 5.74) is 0.166. The van der Waals surface area contributed by atoms with Gasteiger partial charge in [0.2, 0.25) is 0 Å². The molecule has 0 heterocycles. The molecule has 0 radical (unpaired) electrons. The minimum Gasteiger partial charge on any atom is -0.505 e. The Morgan fingerprint density at radius 1 is 0.844 bits per heavy atom. The van der Waals surface area contributed by atoms with Crippen LogP contribution in [0.15, 0.2) is 41.3 Å². The second-order valence-electron chi connectivity index (χ2n) is 7.90. The van der Waals surface area contributed by atoms with Crippen molar-refractivity contribution in [3.8, 4) is 11.5 Å². The average Bonchev–Trinajstić information content (AvgIpc) is 2.76. The van der Waals surface area contributed by atoms with Crippen LogP contribution in [0.1, 0.15) is 71.1 Å². The number of aromatic hydroxyl groups is 1. The van der Waals surface area contributed by atoms with Crippen molar-refractivity contribution in [2.24, 2.45) is 0 Å². The maximum atomic E-state index is 12.6. The number of nitrogens with one attached hydrogen (secondary N) is 1. The van der Waals surface area contributed by atoms with Crippen LogP contribution in [0, 0.1) is 0 Å². The van der Waals surface area contributed by atoms with E-state index >= 15 is 0 Å². The Kier molecular flexibility index (Phi) is 11.5. The number of hydrogen-bond acceptors (Lipinski definition) is 4. The lowest BCUT2D eigenvalue weighted by Gasteiger charge is -2.11. The molecule has 8 heteroatoms. The van der Waals surface area contributed by atoms with Crippen molar-refractivity contribution in [2.75, 3.05) is 11.3 Å². The number of hydrogen-bond donors (Lipinski definition) is 2. The predicted molar refractivity (Wildman–Crippen MR) is 133 cm³/mol. The maximum Gasteiger partial charge on any atom is 0.261 e. The van der Waals surface area contributed by atoms with Crippen LogP contribution in [0.25, 0.3) is 0 Å². The lowest BCUT2D eigenvalue weighted by atomic mass is 10.1. The van der Waals surface area contributed by atoms with E-state index in [1.165, 1.54) is 75.6 Å². The highest BCUT2D eigenvalue weighted by Gasteiger charge is 2.16. The molecule has 178 valence electrons. The molecule has 2 aromatic rings. The zero-order valence-electron chi connectivity index (χ0n) is 18.6.